The largest absolute Gasteiger partial charge is 0.367 e. The lowest BCUT2D eigenvalue weighted by Crippen LogP contribution is -2.41. The normalized spacial score (nSPS) is 12.4. The topological polar surface area (TPSA) is 29.3 Å². The third-order valence-electron chi connectivity index (χ3n) is 3.36. The molecule has 0 fully saturated rings. The molecule has 1 aromatic rings. The van der Waals surface area contributed by atoms with Crippen molar-refractivity contribution in [3.05, 3.63) is 29.8 Å². The van der Waals surface area contributed by atoms with E-state index >= 15 is 0 Å². The lowest BCUT2D eigenvalue weighted by atomic mass is 10.1. The van der Waals surface area contributed by atoms with Gasteiger partial charge < -0.3 is 10.6 Å². The molecule has 0 heterocycles. The average Bonchev–Trinajstić information content (AvgIpc) is 2.39. The predicted molar refractivity (Wildman–Crippen MR) is 84.7 cm³/mol. The maximum absolute atomic E-state index is 5.97. The molecule has 1 aromatic carbocycles. The van der Waals surface area contributed by atoms with E-state index in [1.165, 1.54) is 29.8 Å². The molecule has 0 aliphatic rings. The summed E-state index contributed by atoms with van der Waals surface area (Å²) in [4.78, 5) is 2.45. The summed E-state index contributed by atoms with van der Waals surface area (Å²) in [6, 6.07) is 9.05. The quantitative estimate of drug-likeness (QED) is 0.732. The number of para-hydroxylation sites is 1. The molecule has 18 heavy (non-hydrogen) atoms. The van der Waals surface area contributed by atoms with Gasteiger partial charge in [0.05, 0.1) is 0 Å². The van der Waals surface area contributed by atoms with Crippen LogP contribution >= 0.6 is 11.8 Å². The second kappa shape index (κ2) is 8.44. The van der Waals surface area contributed by atoms with E-state index in [1.54, 1.807) is 0 Å². The van der Waals surface area contributed by atoms with Gasteiger partial charge in [0.1, 0.15) is 0 Å². The van der Waals surface area contributed by atoms with E-state index in [1.807, 2.05) is 11.8 Å². The van der Waals surface area contributed by atoms with Gasteiger partial charge in [-0.3, -0.25) is 0 Å². The van der Waals surface area contributed by atoms with Gasteiger partial charge in [-0.2, -0.15) is 11.8 Å². The molecule has 2 N–H and O–H groups in total. The number of rotatable bonds is 8. The van der Waals surface area contributed by atoms with Crippen molar-refractivity contribution in [2.75, 3.05) is 30.0 Å². The predicted octanol–water partition coefficient (Wildman–Crippen LogP) is 3.29. The van der Waals surface area contributed by atoms with Crippen LogP contribution in [0, 0.1) is 6.92 Å². The summed E-state index contributed by atoms with van der Waals surface area (Å²) in [5.74, 6) is 1.22. The molecule has 1 atom stereocenters. The van der Waals surface area contributed by atoms with Crippen molar-refractivity contribution in [2.24, 2.45) is 5.73 Å². The van der Waals surface area contributed by atoms with Crippen LogP contribution in [-0.4, -0.2) is 31.1 Å². The van der Waals surface area contributed by atoms with E-state index in [9.17, 15) is 0 Å². The Bertz CT molecular complexity index is 341. The second-order valence-corrected chi connectivity index (χ2v) is 5.58. The number of likely N-dealkylation sites (N-methyl/N-ethyl adjacent to an activating group) is 1. The Morgan fingerprint density at radius 2 is 2.06 bits per heavy atom. The van der Waals surface area contributed by atoms with Crippen LogP contribution in [0.1, 0.15) is 25.3 Å². The van der Waals surface area contributed by atoms with Crippen molar-refractivity contribution in [1.29, 1.82) is 0 Å². The van der Waals surface area contributed by atoms with Gasteiger partial charge in [-0.15, -0.1) is 0 Å². The highest BCUT2D eigenvalue weighted by Gasteiger charge is 2.16. The fourth-order valence-corrected chi connectivity index (χ4v) is 2.83. The van der Waals surface area contributed by atoms with Gasteiger partial charge in [-0.05, 0) is 50.3 Å². The fourth-order valence-electron chi connectivity index (χ4n) is 2.38. The van der Waals surface area contributed by atoms with Gasteiger partial charge in [0.25, 0.3) is 0 Å². The third-order valence-corrected chi connectivity index (χ3v) is 4.06. The first-order valence-electron chi connectivity index (χ1n) is 6.75. The second-order valence-electron chi connectivity index (χ2n) is 4.60. The molecular formula is C15H26N2S. The molecule has 0 aromatic heterocycles. The molecule has 1 unspecified atom stereocenters. The molecule has 0 bridgehead atoms. The summed E-state index contributed by atoms with van der Waals surface area (Å²) >= 11 is 1.91. The summed E-state index contributed by atoms with van der Waals surface area (Å²) in [5, 5.41) is 0. The zero-order chi connectivity index (χ0) is 13.4. The van der Waals surface area contributed by atoms with Crippen molar-refractivity contribution >= 4 is 17.4 Å². The van der Waals surface area contributed by atoms with Crippen molar-refractivity contribution < 1.29 is 0 Å². The standard InChI is InChI=1S/C15H26N2S/c1-4-17(14(12-16)9-7-11-18-3)15-10-6-5-8-13(15)2/h5-6,8,10,14H,4,7,9,11-12,16H2,1-3H3. The number of hydrogen-bond acceptors (Lipinski definition) is 3. The Kier molecular flexibility index (Phi) is 7.21. The molecule has 102 valence electrons. The van der Waals surface area contributed by atoms with Crippen molar-refractivity contribution in [3.63, 3.8) is 0 Å². The van der Waals surface area contributed by atoms with Gasteiger partial charge in [0.15, 0.2) is 0 Å². The number of hydrogen-bond donors (Lipinski definition) is 1. The first kappa shape index (κ1) is 15.4. The molecular weight excluding hydrogens is 240 g/mol. The van der Waals surface area contributed by atoms with Gasteiger partial charge in [-0.25, -0.2) is 0 Å². The Hall–Kier alpha value is -0.670. The Morgan fingerprint density at radius 3 is 2.61 bits per heavy atom. The summed E-state index contributed by atoms with van der Waals surface area (Å²) in [6.07, 6.45) is 4.58. The number of nitrogens with zero attached hydrogens (tertiary/aromatic N) is 1. The number of benzene rings is 1. The van der Waals surface area contributed by atoms with Crippen LogP contribution in [-0.2, 0) is 0 Å². The number of aryl methyl sites for hydroxylation is 1. The summed E-state index contributed by atoms with van der Waals surface area (Å²) < 4.78 is 0. The van der Waals surface area contributed by atoms with E-state index in [2.05, 4.69) is 49.3 Å². The molecule has 0 amide bonds. The minimum absolute atomic E-state index is 0.461. The van der Waals surface area contributed by atoms with Crippen LogP contribution in [0.4, 0.5) is 5.69 Å². The molecule has 2 nitrogen and oxygen atoms in total. The molecule has 0 spiro atoms. The minimum Gasteiger partial charge on any atom is -0.367 e. The van der Waals surface area contributed by atoms with Crippen LogP contribution in [0.3, 0.4) is 0 Å². The number of anilines is 1. The highest BCUT2D eigenvalue weighted by atomic mass is 32.2. The van der Waals surface area contributed by atoms with Crippen LogP contribution in [0.2, 0.25) is 0 Å². The van der Waals surface area contributed by atoms with E-state index in [-0.39, 0.29) is 0 Å². The molecule has 0 radical (unpaired) electrons. The summed E-state index contributed by atoms with van der Waals surface area (Å²) in [6.45, 7) is 6.14. The van der Waals surface area contributed by atoms with E-state index in [4.69, 9.17) is 5.73 Å². The minimum atomic E-state index is 0.461. The smallest absolute Gasteiger partial charge is 0.0412 e. The van der Waals surface area contributed by atoms with Crippen molar-refractivity contribution in [2.45, 2.75) is 32.7 Å². The zero-order valence-corrected chi connectivity index (χ0v) is 12.7. The first-order chi connectivity index (χ1) is 8.74. The summed E-state index contributed by atoms with van der Waals surface area (Å²) in [7, 11) is 0. The highest BCUT2D eigenvalue weighted by molar-refractivity contribution is 7.98. The molecule has 3 heteroatoms. The average molecular weight is 266 g/mol. The van der Waals surface area contributed by atoms with E-state index in [0.29, 0.717) is 6.04 Å². The van der Waals surface area contributed by atoms with Gasteiger partial charge in [0, 0.05) is 24.8 Å². The monoisotopic (exact) mass is 266 g/mol. The molecule has 1 rings (SSSR count). The van der Waals surface area contributed by atoms with Crippen molar-refractivity contribution in [1.82, 2.24) is 0 Å². The molecule has 0 saturated carbocycles. The zero-order valence-electron chi connectivity index (χ0n) is 11.9. The summed E-state index contributed by atoms with van der Waals surface area (Å²) in [5.41, 5.74) is 8.64. The number of nitrogens with two attached hydrogens (primary N) is 1. The van der Waals surface area contributed by atoms with Crippen LogP contribution in [0.25, 0.3) is 0 Å². The Balaban J connectivity index is 2.76. The van der Waals surface area contributed by atoms with Crippen LogP contribution < -0.4 is 10.6 Å². The number of thioether (sulfide) groups is 1. The Morgan fingerprint density at radius 1 is 1.33 bits per heavy atom. The lowest BCUT2D eigenvalue weighted by molar-refractivity contribution is 0.560. The highest BCUT2D eigenvalue weighted by Crippen LogP contribution is 2.23. The molecule has 0 aliphatic carbocycles. The van der Waals surface area contributed by atoms with Crippen molar-refractivity contribution in [3.8, 4) is 0 Å². The Labute approximate surface area is 116 Å². The van der Waals surface area contributed by atoms with Crippen LogP contribution in [0.15, 0.2) is 24.3 Å². The van der Waals surface area contributed by atoms with Crippen LogP contribution in [0.5, 0.6) is 0 Å². The van der Waals surface area contributed by atoms with Gasteiger partial charge in [-0.1, -0.05) is 18.2 Å². The molecule has 0 aliphatic heterocycles. The van der Waals surface area contributed by atoms with Gasteiger partial charge in [0.2, 0.25) is 0 Å². The van der Waals surface area contributed by atoms with E-state index in [0.717, 1.165) is 13.1 Å². The maximum Gasteiger partial charge on any atom is 0.0412 e. The van der Waals surface area contributed by atoms with Gasteiger partial charge >= 0.3 is 0 Å². The third kappa shape index (κ3) is 4.21. The SMILES string of the molecule is CCN(c1ccccc1C)C(CN)CCCSC. The molecule has 0 saturated heterocycles. The van der Waals surface area contributed by atoms with E-state index < -0.39 is 0 Å². The maximum atomic E-state index is 5.97. The lowest BCUT2D eigenvalue weighted by Gasteiger charge is -2.33. The first-order valence-corrected chi connectivity index (χ1v) is 8.15. The fraction of sp³-hybridized carbons (Fsp3) is 0.600.